The quantitative estimate of drug-likeness (QED) is 0.0734. The van der Waals surface area contributed by atoms with Gasteiger partial charge in [0.05, 0.1) is 13.0 Å². The minimum atomic E-state index is -1.59. The van der Waals surface area contributed by atoms with Crippen LogP contribution in [0.1, 0.15) is 36.8 Å². The van der Waals surface area contributed by atoms with E-state index in [1.54, 1.807) is 30.3 Å². The lowest BCUT2D eigenvalue weighted by Crippen LogP contribution is -2.58. The third kappa shape index (κ3) is 13.4. The molecule has 1 saturated heterocycles. The predicted molar refractivity (Wildman–Crippen MR) is 177 cm³/mol. The maximum atomic E-state index is 13.8. The summed E-state index contributed by atoms with van der Waals surface area (Å²) in [6.45, 7) is -0.493. The predicted octanol–water partition coefficient (Wildman–Crippen LogP) is -1.53. The highest BCUT2D eigenvalue weighted by atomic mass is 19.1. The fraction of sp³-hybridized carbons (Fsp3) is 0.375. The number of nitrogens with one attached hydrogen (secondary N) is 5. The molecule has 17 heteroatoms. The summed E-state index contributed by atoms with van der Waals surface area (Å²) in [5.74, 6) is -6.13. The van der Waals surface area contributed by atoms with Crippen molar-refractivity contribution in [3.05, 3.63) is 71.5 Å². The highest BCUT2D eigenvalue weighted by molar-refractivity contribution is 5.98. The summed E-state index contributed by atoms with van der Waals surface area (Å²) in [4.78, 5) is 86.3. The second-order valence-electron chi connectivity index (χ2n) is 11.1. The number of hydrogen-bond donors (Lipinski definition) is 8. The van der Waals surface area contributed by atoms with Crippen molar-refractivity contribution in [3.63, 3.8) is 0 Å². The van der Waals surface area contributed by atoms with Crippen LogP contribution in [0.25, 0.3) is 0 Å². The number of carboxylic acid groups (broad SMARTS) is 1. The zero-order chi connectivity index (χ0) is 35.8. The van der Waals surface area contributed by atoms with Crippen molar-refractivity contribution in [2.45, 2.75) is 56.3 Å². The third-order valence-electron chi connectivity index (χ3n) is 7.24. The molecule has 0 radical (unpaired) electrons. The van der Waals surface area contributed by atoms with E-state index in [1.165, 1.54) is 30.5 Å². The number of carbonyl (C=O) groups is 6. The van der Waals surface area contributed by atoms with Crippen LogP contribution in [-0.4, -0.2) is 96.6 Å². The highest BCUT2D eigenvalue weighted by Crippen LogP contribution is 2.08. The number of guanidine groups is 1. The van der Waals surface area contributed by atoms with Gasteiger partial charge in [-0.3, -0.25) is 38.8 Å². The molecule has 49 heavy (non-hydrogen) atoms. The zero-order valence-corrected chi connectivity index (χ0v) is 26.6. The zero-order valence-electron chi connectivity index (χ0n) is 26.6. The van der Waals surface area contributed by atoms with Crippen LogP contribution in [0.5, 0.6) is 0 Å². The molecule has 1 fully saturated rings. The molecule has 1 aliphatic rings. The van der Waals surface area contributed by atoms with Crippen LogP contribution < -0.4 is 38.1 Å². The largest absolute Gasteiger partial charge is 0.481 e. The molecule has 16 nitrogen and oxygen atoms in total. The van der Waals surface area contributed by atoms with Gasteiger partial charge in [-0.25, -0.2) is 4.39 Å². The van der Waals surface area contributed by atoms with Crippen molar-refractivity contribution in [1.82, 2.24) is 26.6 Å². The monoisotopic (exact) mass is 681 g/mol. The van der Waals surface area contributed by atoms with E-state index < -0.39 is 78.5 Å². The standard InChI is InChI=1S/C32H40FN9O7/c33-21-10-8-20(9-11-21)17-36-14-12-23-29(47)40-22(7-4-13-37-32(34)35)28(46)38-18-26(43)39-25(16-27(44)45)31(49)42-24(30(48)41-23)15-19-5-2-1-3-6-19/h1-3,5-6,8-11,17,22-25H,4,7,12-16,18H2,(H,38,46)(H,39,43)(H,40,47)(H,41,48)(H,42,49)(H,44,45)(H4,34,35,37)/t22-,23-,24-,25?/m0/s1. The molecule has 3 rings (SSSR count). The van der Waals surface area contributed by atoms with Gasteiger partial charge in [-0.15, -0.1) is 0 Å². The molecule has 10 N–H and O–H groups in total. The molecule has 4 atom stereocenters. The molecule has 0 bridgehead atoms. The minimum absolute atomic E-state index is 0.0198. The number of halogens is 1. The number of carboxylic acids is 1. The number of carbonyl (C=O) groups excluding carboxylic acids is 5. The second-order valence-corrected chi connectivity index (χ2v) is 11.1. The van der Waals surface area contributed by atoms with Crippen LogP contribution in [0, 0.1) is 5.82 Å². The van der Waals surface area contributed by atoms with E-state index in [4.69, 9.17) is 11.5 Å². The number of nitrogens with two attached hydrogens (primary N) is 2. The van der Waals surface area contributed by atoms with Gasteiger partial charge >= 0.3 is 5.97 Å². The summed E-state index contributed by atoms with van der Waals surface area (Å²) in [5.41, 5.74) is 12.0. The molecular weight excluding hydrogens is 641 g/mol. The van der Waals surface area contributed by atoms with E-state index in [1.807, 2.05) is 0 Å². The lowest BCUT2D eigenvalue weighted by molar-refractivity contribution is -0.141. The first-order valence-electron chi connectivity index (χ1n) is 15.5. The van der Waals surface area contributed by atoms with Crippen molar-refractivity contribution in [2.24, 2.45) is 21.5 Å². The number of amides is 5. The molecule has 2 aromatic rings. The average molecular weight is 682 g/mol. The van der Waals surface area contributed by atoms with Crippen molar-refractivity contribution in [1.29, 1.82) is 0 Å². The first-order valence-corrected chi connectivity index (χ1v) is 15.5. The van der Waals surface area contributed by atoms with Crippen molar-refractivity contribution in [3.8, 4) is 0 Å². The number of nitrogens with zero attached hydrogens (tertiary/aromatic N) is 2. The van der Waals surface area contributed by atoms with Crippen LogP contribution in [-0.2, 0) is 35.2 Å². The summed E-state index contributed by atoms with van der Waals surface area (Å²) >= 11 is 0. The Morgan fingerprint density at radius 2 is 1.41 bits per heavy atom. The van der Waals surface area contributed by atoms with Crippen LogP contribution in [0.4, 0.5) is 4.39 Å². The number of hydrogen-bond acceptors (Lipinski definition) is 8. The van der Waals surface area contributed by atoms with E-state index in [0.29, 0.717) is 11.1 Å². The molecule has 0 aliphatic carbocycles. The Hall–Kier alpha value is -5.87. The van der Waals surface area contributed by atoms with Gasteiger partial charge < -0.3 is 43.2 Å². The average Bonchev–Trinajstić information content (AvgIpc) is 3.06. The summed E-state index contributed by atoms with van der Waals surface area (Å²) < 4.78 is 13.3. The number of aliphatic imine (C=N–C) groups is 2. The minimum Gasteiger partial charge on any atom is -0.481 e. The first-order chi connectivity index (χ1) is 23.4. The molecule has 5 amide bonds. The van der Waals surface area contributed by atoms with E-state index in [-0.39, 0.29) is 44.7 Å². The normalized spacial score (nSPS) is 20.9. The maximum absolute atomic E-state index is 13.8. The van der Waals surface area contributed by atoms with Gasteiger partial charge in [0.15, 0.2) is 5.96 Å². The van der Waals surface area contributed by atoms with Gasteiger partial charge in [0.2, 0.25) is 29.5 Å². The SMILES string of the molecule is NC(N)=NCCC[C@@H]1NC(=O)[C@H](CCN=Cc2ccc(F)cc2)NC(=O)[C@H](Cc2ccccc2)NC(=O)C(CC(=O)O)NC(=O)CNC1=O. The van der Waals surface area contributed by atoms with Gasteiger partial charge in [-0.1, -0.05) is 42.5 Å². The van der Waals surface area contributed by atoms with Crippen molar-refractivity contribution in [2.75, 3.05) is 19.6 Å². The molecule has 1 unspecified atom stereocenters. The Morgan fingerprint density at radius 1 is 0.796 bits per heavy atom. The Morgan fingerprint density at radius 3 is 2.06 bits per heavy atom. The molecular formula is C32H40FN9O7. The summed E-state index contributed by atoms with van der Waals surface area (Å²) in [6, 6.07) is 8.82. The van der Waals surface area contributed by atoms with Crippen LogP contribution in [0.3, 0.4) is 0 Å². The van der Waals surface area contributed by atoms with Crippen molar-refractivity contribution >= 4 is 47.7 Å². The maximum Gasteiger partial charge on any atom is 0.305 e. The summed E-state index contributed by atoms with van der Waals surface area (Å²) in [7, 11) is 0. The number of aliphatic carboxylic acids is 1. The Labute approximate surface area is 281 Å². The molecule has 262 valence electrons. The highest BCUT2D eigenvalue weighted by Gasteiger charge is 2.33. The molecule has 0 spiro atoms. The van der Waals surface area contributed by atoms with Crippen molar-refractivity contribution < 1.29 is 38.3 Å². The Balaban J connectivity index is 1.94. The van der Waals surface area contributed by atoms with E-state index in [9.17, 15) is 38.3 Å². The van der Waals surface area contributed by atoms with Crippen LogP contribution in [0.15, 0.2) is 64.6 Å². The third-order valence-corrected chi connectivity index (χ3v) is 7.24. The Bertz CT molecular complexity index is 1530. The van der Waals surface area contributed by atoms with E-state index in [2.05, 4.69) is 36.6 Å². The lowest BCUT2D eigenvalue weighted by atomic mass is 10.0. The second kappa shape index (κ2) is 19.1. The fourth-order valence-corrected chi connectivity index (χ4v) is 4.76. The van der Waals surface area contributed by atoms with Gasteiger partial charge in [0.1, 0.15) is 30.0 Å². The van der Waals surface area contributed by atoms with Gasteiger partial charge in [-0.2, -0.15) is 0 Å². The first kappa shape index (κ1) is 37.6. The molecule has 1 aliphatic heterocycles. The number of rotatable bonds is 12. The summed E-state index contributed by atoms with van der Waals surface area (Å²) in [5, 5.41) is 21.8. The Kier molecular flexibility index (Phi) is 14.6. The molecule has 0 saturated carbocycles. The van der Waals surface area contributed by atoms with Crippen LogP contribution in [0.2, 0.25) is 0 Å². The van der Waals surface area contributed by atoms with Crippen LogP contribution >= 0.6 is 0 Å². The van der Waals surface area contributed by atoms with E-state index >= 15 is 0 Å². The van der Waals surface area contributed by atoms with Gasteiger partial charge in [0, 0.05) is 25.7 Å². The fourth-order valence-electron chi connectivity index (χ4n) is 4.76. The number of benzene rings is 2. The summed E-state index contributed by atoms with van der Waals surface area (Å²) in [6.07, 6.45) is 0.851. The molecule has 2 aromatic carbocycles. The topological polar surface area (TPSA) is 260 Å². The molecule has 0 aromatic heterocycles. The van der Waals surface area contributed by atoms with E-state index in [0.717, 1.165) is 0 Å². The lowest BCUT2D eigenvalue weighted by Gasteiger charge is -2.25. The smallest absolute Gasteiger partial charge is 0.305 e. The molecule has 1 heterocycles. The van der Waals surface area contributed by atoms with Gasteiger partial charge in [-0.05, 0) is 42.5 Å². The van der Waals surface area contributed by atoms with Gasteiger partial charge in [0.25, 0.3) is 0 Å².